The summed E-state index contributed by atoms with van der Waals surface area (Å²) in [4.78, 5) is 0. The zero-order chi connectivity index (χ0) is 14.1. The third-order valence-corrected chi connectivity index (χ3v) is 4.27. The van der Waals surface area contributed by atoms with Crippen LogP contribution < -0.4 is 5.32 Å². The molecule has 0 saturated heterocycles. The van der Waals surface area contributed by atoms with Gasteiger partial charge >= 0.3 is 0 Å². The molecule has 0 aliphatic heterocycles. The molecule has 20 heavy (non-hydrogen) atoms. The average Bonchev–Trinajstić information content (AvgIpc) is 2.77. The number of nitrogens with one attached hydrogen (secondary N) is 1. The Kier molecular flexibility index (Phi) is 3.47. The van der Waals surface area contributed by atoms with Crippen LogP contribution >= 0.6 is 15.9 Å². The summed E-state index contributed by atoms with van der Waals surface area (Å²) in [5, 5.41) is 22.5. The van der Waals surface area contributed by atoms with Crippen LogP contribution in [0.1, 0.15) is 22.7 Å². The van der Waals surface area contributed by atoms with Crippen molar-refractivity contribution in [3.63, 3.8) is 0 Å². The van der Waals surface area contributed by atoms with Crippen molar-refractivity contribution < 1.29 is 5.11 Å². The normalized spacial score (nSPS) is 20.2. The Morgan fingerprint density at radius 1 is 1.25 bits per heavy atom. The third kappa shape index (κ3) is 2.31. The first kappa shape index (κ1) is 13.2. The molecule has 0 bridgehead atoms. The van der Waals surface area contributed by atoms with Gasteiger partial charge < -0.3 is 10.4 Å². The predicted molar refractivity (Wildman–Crippen MR) is 81.4 cm³/mol. The second-order valence-electron chi connectivity index (χ2n) is 4.90. The van der Waals surface area contributed by atoms with E-state index < -0.39 is 6.10 Å². The Bertz CT molecular complexity index is 693. The van der Waals surface area contributed by atoms with Crippen LogP contribution in [0.25, 0.3) is 0 Å². The smallest absolute Gasteiger partial charge is 0.0992 e. The molecule has 0 unspecified atom stereocenters. The largest absolute Gasteiger partial charge is 0.390 e. The molecule has 0 spiro atoms. The summed E-state index contributed by atoms with van der Waals surface area (Å²) in [7, 11) is 0. The van der Waals surface area contributed by atoms with E-state index in [2.05, 4.69) is 27.3 Å². The molecule has 3 nitrogen and oxygen atoms in total. The number of aliphatic hydroxyl groups excluding tert-OH is 1. The van der Waals surface area contributed by atoms with E-state index in [0.29, 0.717) is 12.0 Å². The Labute approximate surface area is 126 Å². The van der Waals surface area contributed by atoms with E-state index in [1.165, 1.54) is 5.56 Å². The summed E-state index contributed by atoms with van der Waals surface area (Å²) in [6.07, 6.45) is 0.233. The van der Waals surface area contributed by atoms with Crippen molar-refractivity contribution in [2.45, 2.75) is 18.6 Å². The lowest BCUT2D eigenvalue weighted by molar-refractivity contribution is 0.166. The predicted octanol–water partition coefficient (Wildman–Crippen LogP) is 3.39. The highest BCUT2D eigenvalue weighted by Gasteiger charge is 2.30. The summed E-state index contributed by atoms with van der Waals surface area (Å²) in [6, 6.07) is 15.5. The van der Waals surface area contributed by atoms with Crippen molar-refractivity contribution in [1.29, 1.82) is 5.26 Å². The molecule has 0 heterocycles. The van der Waals surface area contributed by atoms with E-state index in [9.17, 15) is 5.11 Å². The number of benzene rings is 2. The van der Waals surface area contributed by atoms with Crippen LogP contribution in [0.4, 0.5) is 5.69 Å². The van der Waals surface area contributed by atoms with Crippen LogP contribution in [0, 0.1) is 11.3 Å². The maximum atomic E-state index is 10.2. The van der Waals surface area contributed by atoms with Crippen molar-refractivity contribution in [2.24, 2.45) is 0 Å². The van der Waals surface area contributed by atoms with Crippen LogP contribution in [0.2, 0.25) is 0 Å². The first-order chi connectivity index (χ1) is 9.69. The number of anilines is 1. The Morgan fingerprint density at radius 3 is 2.80 bits per heavy atom. The number of aliphatic hydroxyl groups is 1. The zero-order valence-corrected chi connectivity index (χ0v) is 12.3. The third-order valence-electron chi connectivity index (χ3n) is 3.61. The molecule has 2 aromatic carbocycles. The minimum absolute atomic E-state index is 0.115. The fourth-order valence-electron chi connectivity index (χ4n) is 2.62. The molecule has 2 aromatic rings. The van der Waals surface area contributed by atoms with E-state index in [4.69, 9.17) is 5.26 Å². The molecule has 0 aromatic heterocycles. The summed E-state index contributed by atoms with van der Waals surface area (Å²) < 4.78 is 0.827. The van der Waals surface area contributed by atoms with Gasteiger partial charge in [-0.15, -0.1) is 0 Å². The highest BCUT2D eigenvalue weighted by Crippen LogP contribution is 2.36. The van der Waals surface area contributed by atoms with Crippen molar-refractivity contribution in [1.82, 2.24) is 0 Å². The molecule has 0 radical (unpaired) electrons. The SMILES string of the molecule is N#Cc1ccc(N[C@H]2c3ccccc3C[C@H]2O)c(Br)c1. The van der Waals surface area contributed by atoms with Crippen LogP contribution in [0.15, 0.2) is 46.9 Å². The van der Waals surface area contributed by atoms with E-state index in [0.717, 1.165) is 15.7 Å². The molecule has 100 valence electrons. The van der Waals surface area contributed by atoms with Gasteiger partial charge in [0.25, 0.3) is 0 Å². The number of nitrogens with zero attached hydrogens (tertiary/aromatic N) is 1. The van der Waals surface area contributed by atoms with Gasteiger partial charge in [0.05, 0.1) is 23.8 Å². The Balaban J connectivity index is 1.90. The van der Waals surface area contributed by atoms with Crippen molar-refractivity contribution in [2.75, 3.05) is 5.32 Å². The van der Waals surface area contributed by atoms with Crippen LogP contribution in [-0.4, -0.2) is 11.2 Å². The van der Waals surface area contributed by atoms with Crippen LogP contribution in [-0.2, 0) is 6.42 Å². The fraction of sp³-hybridized carbons (Fsp3) is 0.188. The molecule has 2 atom stereocenters. The van der Waals surface area contributed by atoms with E-state index in [1.807, 2.05) is 30.3 Å². The average molecular weight is 329 g/mol. The standard InChI is InChI=1S/C16H13BrN2O/c17-13-7-10(9-18)5-6-14(13)19-16-12-4-2-1-3-11(12)8-15(16)20/h1-7,15-16,19-20H,8H2/t15-,16+/m1/s1. The molecule has 3 rings (SSSR count). The number of halogens is 1. The Hall–Kier alpha value is -1.83. The zero-order valence-electron chi connectivity index (χ0n) is 10.7. The lowest BCUT2D eigenvalue weighted by atomic mass is 10.1. The number of rotatable bonds is 2. The monoisotopic (exact) mass is 328 g/mol. The minimum Gasteiger partial charge on any atom is -0.390 e. The maximum absolute atomic E-state index is 10.2. The molecule has 0 saturated carbocycles. The van der Waals surface area contributed by atoms with Gasteiger partial charge in [-0.2, -0.15) is 5.26 Å². The summed E-state index contributed by atoms with van der Waals surface area (Å²) in [5.41, 5.74) is 3.80. The van der Waals surface area contributed by atoms with E-state index in [-0.39, 0.29) is 6.04 Å². The summed E-state index contributed by atoms with van der Waals surface area (Å²) in [5.74, 6) is 0. The second kappa shape index (κ2) is 5.28. The Morgan fingerprint density at radius 2 is 2.05 bits per heavy atom. The highest BCUT2D eigenvalue weighted by molar-refractivity contribution is 9.10. The van der Waals surface area contributed by atoms with Crippen LogP contribution in [0.5, 0.6) is 0 Å². The topological polar surface area (TPSA) is 56.0 Å². The van der Waals surface area contributed by atoms with Crippen molar-refractivity contribution in [3.8, 4) is 6.07 Å². The quantitative estimate of drug-likeness (QED) is 0.888. The van der Waals surface area contributed by atoms with Gasteiger partial charge in [0.1, 0.15) is 0 Å². The summed E-state index contributed by atoms with van der Waals surface area (Å²) >= 11 is 3.46. The molecule has 1 aliphatic rings. The van der Waals surface area contributed by atoms with Gasteiger partial charge in [-0.05, 0) is 45.3 Å². The lowest BCUT2D eigenvalue weighted by Gasteiger charge is -2.20. The maximum Gasteiger partial charge on any atom is 0.0992 e. The van der Waals surface area contributed by atoms with Crippen molar-refractivity contribution >= 4 is 21.6 Å². The molecular weight excluding hydrogens is 316 g/mol. The van der Waals surface area contributed by atoms with E-state index in [1.54, 1.807) is 12.1 Å². The first-order valence-electron chi connectivity index (χ1n) is 6.41. The molecule has 0 amide bonds. The van der Waals surface area contributed by atoms with Gasteiger partial charge in [-0.25, -0.2) is 0 Å². The molecule has 0 fully saturated rings. The number of fused-ring (bicyclic) bond motifs is 1. The lowest BCUT2D eigenvalue weighted by Crippen LogP contribution is -2.21. The number of hydrogen-bond acceptors (Lipinski definition) is 3. The molecular formula is C16H13BrN2O. The molecule has 4 heteroatoms. The van der Waals surface area contributed by atoms with E-state index >= 15 is 0 Å². The van der Waals surface area contributed by atoms with Gasteiger partial charge in [-0.3, -0.25) is 0 Å². The fourth-order valence-corrected chi connectivity index (χ4v) is 3.11. The van der Waals surface area contributed by atoms with Gasteiger partial charge in [0, 0.05) is 16.6 Å². The second-order valence-corrected chi connectivity index (χ2v) is 5.75. The van der Waals surface area contributed by atoms with Crippen molar-refractivity contribution in [3.05, 3.63) is 63.6 Å². The van der Waals surface area contributed by atoms with Gasteiger partial charge in [0.2, 0.25) is 0 Å². The number of nitriles is 1. The van der Waals surface area contributed by atoms with Gasteiger partial charge in [0.15, 0.2) is 0 Å². The molecule has 2 N–H and O–H groups in total. The first-order valence-corrected chi connectivity index (χ1v) is 7.20. The summed E-state index contributed by atoms with van der Waals surface area (Å²) in [6.45, 7) is 0. The number of hydrogen-bond donors (Lipinski definition) is 2. The molecule has 1 aliphatic carbocycles. The minimum atomic E-state index is -0.435. The van der Waals surface area contributed by atoms with Gasteiger partial charge in [-0.1, -0.05) is 24.3 Å². The highest BCUT2D eigenvalue weighted by atomic mass is 79.9. The van der Waals surface area contributed by atoms with Crippen LogP contribution in [0.3, 0.4) is 0 Å².